The maximum Gasteiger partial charge on any atom is 0.253 e. The van der Waals surface area contributed by atoms with Gasteiger partial charge in [0.05, 0.1) is 16.1 Å². The van der Waals surface area contributed by atoms with Crippen molar-refractivity contribution in [2.75, 3.05) is 25.0 Å². The van der Waals surface area contributed by atoms with Crippen molar-refractivity contribution in [1.82, 2.24) is 9.62 Å². The molecule has 0 saturated carbocycles. The molecule has 8 heteroatoms. The molecule has 0 aliphatic carbocycles. The van der Waals surface area contributed by atoms with Crippen LogP contribution in [-0.4, -0.2) is 44.2 Å². The van der Waals surface area contributed by atoms with Crippen molar-refractivity contribution < 1.29 is 18.0 Å². The smallest absolute Gasteiger partial charge is 0.253 e. The number of anilines is 1. The lowest BCUT2D eigenvalue weighted by Crippen LogP contribution is -2.41. The van der Waals surface area contributed by atoms with Crippen LogP contribution in [0.1, 0.15) is 48.5 Å². The number of sulfonamides is 1. The Balaban J connectivity index is 1.61. The predicted octanol–water partition coefficient (Wildman–Crippen LogP) is 3.56. The van der Waals surface area contributed by atoms with Gasteiger partial charge in [0.2, 0.25) is 15.9 Å². The van der Waals surface area contributed by atoms with Gasteiger partial charge in [0.25, 0.3) is 5.91 Å². The zero-order valence-electron chi connectivity index (χ0n) is 18.6. The average molecular weight is 458 g/mol. The van der Waals surface area contributed by atoms with E-state index in [4.69, 9.17) is 0 Å². The average Bonchev–Trinajstić information content (AvgIpc) is 2.80. The third-order valence-electron chi connectivity index (χ3n) is 5.73. The van der Waals surface area contributed by atoms with Gasteiger partial charge in [-0.3, -0.25) is 9.59 Å². The molecule has 1 aliphatic rings. The number of amides is 2. The van der Waals surface area contributed by atoms with Crippen molar-refractivity contribution in [1.29, 1.82) is 0 Å². The normalized spacial score (nSPS) is 15.3. The molecule has 1 heterocycles. The number of rotatable bonds is 8. The van der Waals surface area contributed by atoms with Gasteiger partial charge in [0, 0.05) is 25.6 Å². The molecule has 0 spiro atoms. The summed E-state index contributed by atoms with van der Waals surface area (Å²) in [4.78, 5) is 25.6. The molecule has 0 atom stereocenters. The number of nitrogens with zero attached hydrogens (tertiary/aromatic N) is 1. The minimum absolute atomic E-state index is 0.189. The van der Waals surface area contributed by atoms with Gasteiger partial charge in [0.15, 0.2) is 0 Å². The number of piperidine rings is 1. The van der Waals surface area contributed by atoms with Crippen LogP contribution in [0.3, 0.4) is 0 Å². The summed E-state index contributed by atoms with van der Waals surface area (Å²) in [6.45, 7) is 5.12. The van der Waals surface area contributed by atoms with E-state index in [1.165, 1.54) is 4.31 Å². The molecule has 3 rings (SSSR count). The zero-order chi connectivity index (χ0) is 23.1. The van der Waals surface area contributed by atoms with E-state index in [1.807, 2.05) is 6.92 Å². The zero-order valence-corrected chi connectivity index (χ0v) is 19.5. The second-order valence-electron chi connectivity index (χ2n) is 8.14. The van der Waals surface area contributed by atoms with E-state index < -0.39 is 10.0 Å². The van der Waals surface area contributed by atoms with Crippen LogP contribution in [0.25, 0.3) is 0 Å². The van der Waals surface area contributed by atoms with Gasteiger partial charge < -0.3 is 10.6 Å². The molecule has 2 aromatic carbocycles. The number of carbonyl (C=O) groups excluding carboxylic acids is 2. The van der Waals surface area contributed by atoms with Gasteiger partial charge in [-0.05, 0) is 50.5 Å². The molecule has 0 bridgehead atoms. The number of hydrogen-bond donors (Lipinski definition) is 2. The summed E-state index contributed by atoms with van der Waals surface area (Å²) >= 11 is 0. The Morgan fingerprint density at radius 2 is 1.69 bits per heavy atom. The molecular weight excluding hydrogens is 426 g/mol. The minimum atomic E-state index is -3.57. The Bertz CT molecular complexity index is 1040. The molecule has 1 aliphatic heterocycles. The van der Waals surface area contributed by atoms with E-state index in [0.717, 1.165) is 18.4 Å². The second-order valence-corrected chi connectivity index (χ2v) is 10.1. The van der Waals surface area contributed by atoms with Crippen LogP contribution in [0.2, 0.25) is 0 Å². The van der Waals surface area contributed by atoms with Crippen LogP contribution >= 0.6 is 0 Å². The molecule has 32 heavy (non-hydrogen) atoms. The fourth-order valence-corrected chi connectivity index (χ4v) is 5.19. The molecule has 1 fully saturated rings. The van der Waals surface area contributed by atoms with Crippen LogP contribution < -0.4 is 10.6 Å². The summed E-state index contributed by atoms with van der Waals surface area (Å²) in [6, 6.07) is 13.7. The number of carbonyl (C=O) groups is 2. The summed E-state index contributed by atoms with van der Waals surface area (Å²) in [5.74, 6) is -0.713. The summed E-state index contributed by atoms with van der Waals surface area (Å²) in [6.07, 6.45) is 2.74. The van der Waals surface area contributed by atoms with Gasteiger partial charge in [-0.2, -0.15) is 4.31 Å². The molecule has 0 aromatic heterocycles. The van der Waals surface area contributed by atoms with E-state index in [0.29, 0.717) is 30.6 Å². The van der Waals surface area contributed by atoms with E-state index in [9.17, 15) is 18.0 Å². The molecule has 2 amide bonds. The largest absolute Gasteiger partial charge is 0.352 e. The summed E-state index contributed by atoms with van der Waals surface area (Å²) in [5, 5.41) is 5.75. The molecule has 7 nitrogen and oxygen atoms in total. The topological polar surface area (TPSA) is 95.6 Å². The van der Waals surface area contributed by atoms with Crippen molar-refractivity contribution >= 4 is 27.5 Å². The number of aryl methyl sites for hydroxylation is 1. The van der Waals surface area contributed by atoms with Crippen LogP contribution in [0.4, 0.5) is 5.69 Å². The van der Waals surface area contributed by atoms with Crippen molar-refractivity contribution in [3.8, 4) is 0 Å². The SMILES string of the molecule is CCCCNC(=O)c1ccccc1NC(=O)C1CCN(S(=O)(=O)c2ccc(C)cc2)CC1. The first kappa shape index (κ1) is 23.9. The van der Waals surface area contributed by atoms with E-state index in [-0.39, 0.29) is 35.7 Å². The summed E-state index contributed by atoms with van der Waals surface area (Å²) in [5.41, 5.74) is 1.90. The van der Waals surface area contributed by atoms with Crippen LogP contribution in [0, 0.1) is 12.8 Å². The Morgan fingerprint density at radius 3 is 2.34 bits per heavy atom. The highest BCUT2D eigenvalue weighted by Gasteiger charge is 2.32. The van der Waals surface area contributed by atoms with Crippen LogP contribution in [0.5, 0.6) is 0 Å². The van der Waals surface area contributed by atoms with Gasteiger partial charge in [0.1, 0.15) is 0 Å². The first-order valence-corrected chi connectivity index (χ1v) is 12.5. The molecule has 0 unspecified atom stereocenters. The lowest BCUT2D eigenvalue weighted by atomic mass is 9.97. The number of unbranched alkanes of at least 4 members (excludes halogenated alkanes) is 1. The Hall–Kier alpha value is -2.71. The number of hydrogen-bond acceptors (Lipinski definition) is 4. The number of para-hydroxylation sites is 1. The number of benzene rings is 2. The molecule has 1 saturated heterocycles. The highest BCUT2D eigenvalue weighted by atomic mass is 32.2. The number of nitrogens with one attached hydrogen (secondary N) is 2. The molecular formula is C24H31N3O4S. The molecule has 2 aromatic rings. The van der Waals surface area contributed by atoms with Crippen molar-refractivity contribution in [3.63, 3.8) is 0 Å². The molecule has 0 radical (unpaired) electrons. The van der Waals surface area contributed by atoms with Crippen LogP contribution in [-0.2, 0) is 14.8 Å². The molecule has 172 valence electrons. The van der Waals surface area contributed by atoms with E-state index in [1.54, 1.807) is 48.5 Å². The standard InChI is InChI=1S/C24H31N3O4S/c1-3-4-15-25-24(29)21-7-5-6-8-22(21)26-23(28)19-13-16-27(17-14-19)32(30,31)20-11-9-18(2)10-12-20/h5-12,19H,3-4,13-17H2,1-2H3,(H,25,29)(H,26,28). The predicted molar refractivity (Wildman–Crippen MR) is 125 cm³/mol. The fraction of sp³-hybridized carbons (Fsp3) is 0.417. The third-order valence-corrected chi connectivity index (χ3v) is 7.64. The third kappa shape index (κ3) is 5.75. The molecule has 2 N–H and O–H groups in total. The Kier molecular flexibility index (Phi) is 8.04. The highest BCUT2D eigenvalue weighted by molar-refractivity contribution is 7.89. The Labute approximate surface area is 190 Å². The van der Waals surface area contributed by atoms with Crippen molar-refractivity contribution in [3.05, 3.63) is 59.7 Å². The lowest BCUT2D eigenvalue weighted by Gasteiger charge is -2.30. The lowest BCUT2D eigenvalue weighted by molar-refractivity contribution is -0.120. The maximum absolute atomic E-state index is 12.9. The van der Waals surface area contributed by atoms with Gasteiger partial charge in [-0.25, -0.2) is 8.42 Å². The second kappa shape index (κ2) is 10.7. The highest BCUT2D eigenvalue weighted by Crippen LogP contribution is 2.26. The first-order chi connectivity index (χ1) is 15.3. The minimum Gasteiger partial charge on any atom is -0.352 e. The van der Waals surface area contributed by atoms with Gasteiger partial charge >= 0.3 is 0 Å². The first-order valence-electron chi connectivity index (χ1n) is 11.1. The van der Waals surface area contributed by atoms with Gasteiger partial charge in [-0.15, -0.1) is 0 Å². The monoisotopic (exact) mass is 457 g/mol. The fourth-order valence-electron chi connectivity index (χ4n) is 3.72. The van der Waals surface area contributed by atoms with E-state index in [2.05, 4.69) is 17.6 Å². The Morgan fingerprint density at radius 1 is 1.03 bits per heavy atom. The van der Waals surface area contributed by atoms with Crippen molar-refractivity contribution in [2.24, 2.45) is 5.92 Å². The quantitative estimate of drug-likeness (QED) is 0.593. The maximum atomic E-state index is 12.9. The van der Waals surface area contributed by atoms with Gasteiger partial charge in [-0.1, -0.05) is 43.2 Å². The van der Waals surface area contributed by atoms with Crippen molar-refractivity contribution in [2.45, 2.75) is 44.4 Å². The van der Waals surface area contributed by atoms with E-state index >= 15 is 0 Å². The summed E-state index contributed by atoms with van der Waals surface area (Å²) < 4.78 is 27.2. The summed E-state index contributed by atoms with van der Waals surface area (Å²) in [7, 11) is -3.57. The van der Waals surface area contributed by atoms with Crippen LogP contribution in [0.15, 0.2) is 53.4 Å².